The molecule has 1 amide bonds. The number of thiophene rings is 1. The maximum Gasteiger partial charge on any atom is 0.231 e. The molecule has 3 aromatic rings. The summed E-state index contributed by atoms with van der Waals surface area (Å²) >= 11 is 8.43. The molecular weight excluding hydrogens is 442 g/mol. The number of aryl methyl sites for hydroxylation is 1. The highest BCUT2D eigenvalue weighted by Crippen LogP contribution is 2.47. The van der Waals surface area contributed by atoms with Gasteiger partial charge in [0.2, 0.25) is 5.91 Å². The monoisotopic (exact) mass is 461 g/mol. The standard InChI is InChI=1S/C24H20ClN5OS/c1-12-27-28-20-10-26-22(16-4-2-3-5-18(16)25)21-17-8-14(9-19(17)32-24(21)30(12)20)23(31)29-11-13-6-15(29)7-13/h2-7,14,22,26H,8-11H2,1H3/t14-,22-/m0/s1. The Labute approximate surface area is 194 Å². The first-order chi connectivity index (χ1) is 15.6. The lowest BCUT2D eigenvalue weighted by molar-refractivity contribution is -0.132. The van der Waals surface area contributed by atoms with Gasteiger partial charge in [-0.3, -0.25) is 14.7 Å². The van der Waals surface area contributed by atoms with Gasteiger partial charge in [-0.1, -0.05) is 29.8 Å². The SMILES string of the molecule is Cc1nnc2n1-c1sc3c(c1[C@H](c1ccccc1Cl)NC2)C[C@H](C(=O)N1CC2=CC1=C2)C3. The first-order valence-corrected chi connectivity index (χ1v) is 12.0. The second-order valence-corrected chi connectivity index (χ2v) is 10.4. The van der Waals surface area contributed by atoms with Gasteiger partial charge in [-0.25, -0.2) is 0 Å². The summed E-state index contributed by atoms with van der Waals surface area (Å²) in [6.45, 7) is 3.34. The van der Waals surface area contributed by atoms with E-state index in [1.54, 1.807) is 11.3 Å². The lowest BCUT2D eigenvalue weighted by Gasteiger charge is -2.22. The van der Waals surface area contributed by atoms with Crippen molar-refractivity contribution in [2.75, 3.05) is 6.54 Å². The van der Waals surface area contributed by atoms with Crippen molar-refractivity contribution in [3.8, 4) is 5.00 Å². The quantitative estimate of drug-likeness (QED) is 0.629. The Morgan fingerprint density at radius 2 is 2.06 bits per heavy atom. The predicted octanol–water partition coefficient (Wildman–Crippen LogP) is 3.86. The molecule has 8 heteroatoms. The molecule has 0 saturated carbocycles. The normalized spacial score (nSPS) is 22.5. The van der Waals surface area contributed by atoms with Crippen LogP contribution < -0.4 is 5.32 Å². The van der Waals surface area contributed by atoms with Gasteiger partial charge in [0.15, 0.2) is 5.82 Å². The summed E-state index contributed by atoms with van der Waals surface area (Å²) in [5.74, 6) is 2.02. The summed E-state index contributed by atoms with van der Waals surface area (Å²) in [6, 6.07) is 7.95. The number of rotatable bonds is 2. The predicted molar refractivity (Wildman–Crippen MR) is 123 cm³/mol. The van der Waals surface area contributed by atoms with Crippen molar-refractivity contribution in [2.45, 2.75) is 32.4 Å². The minimum Gasteiger partial charge on any atom is -0.308 e. The molecule has 8 rings (SSSR count). The number of hydrogen-bond donors (Lipinski definition) is 1. The van der Waals surface area contributed by atoms with Crippen LogP contribution in [0, 0.1) is 12.8 Å². The van der Waals surface area contributed by atoms with Crippen LogP contribution in [0.2, 0.25) is 5.02 Å². The Balaban J connectivity index is 1.33. The molecule has 0 fully saturated rings. The van der Waals surface area contributed by atoms with E-state index in [9.17, 15) is 4.79 Å². The molecule has 2 bridgehead atoms. The number of halogens is 1. The van der Waals surface area contributed by atoms with Gasteiger partial charge in [0.25, 0.3) is 0 Å². The number of aromatic nitrogens is 3. The second kappa shape index (κ2) is 6.63. The zero-order valence-electron chi connectivity index (χ0n) is 17.4. The molecule has 5 aliphatic rings. The first kappa shape index (κ1) is 18.8. The van der Waals surface area contributed by atoms with Crippen molar-refractivity contribution in [1.29, 1.82) is 0 Å². The largest absolute Gasteiger partial charge is 0.308 e. The summed E-state index contributed by atoms with van der Waals surface area (Å²) in [5, 5.41) is 14.3. The average molecular weight is 462 g/mol. The number of fused-ring (bicyclic) bond motifs is 6. The third-order valence-corrected chi connectivity index (χ3v) is 8.59. The van der Waals surface area contributed by atoms with E-state index >= 15 is 0 Å². The fourth-order valence-electron chi connectivity index (χ4n) is 5.45. The van der Waals surface area contributed by atoms with E-state index in [1.807, 2.05) is 30.0 Å². The molecule has 1 N–H and O–H groups in total. The smallest absolute Gasteiger partial charge is 0.231 e. The number of nitrogens with zero attached hydrogens (tertiary/aromatic N) is 4. The molecule has 160 valence electrons. The molecule has 2 aromatic heterocycles. The molecule has 32 heavy (non-hydrogen) atoms. The molecule has 2 aliphatic carbocycles. The van der Waals surface area contributed by atoms with Crippen molar-refractivity contribution < 1.29 is 4.79 Å². The zero-order chi connectivity index (χ0) is 21.6. The van der Waals surface area contributed by atoms with Crippen LogP contribution in [0.1, 0.15) is 39.3 Å². The van der Waals surface area contributed by atoms with Gasteiger partial charge in [0.1, 0.15) is 10.8 Å². The van der Waals surface area contributed by atoms with Crippen LogP contribution in [-0.4, -0.2) is 32.1 Å². The van der Waals surface area contributed by atoms with Crippen molar-refractivity contribution >= 4 is 28.8 Å². The third-order valence-electron chi connectivity index (χ3n) is 6.99. The topological polar surface area (TPSA) is 63.1 Å². The molecule has 0 saturated heterocycles. The Kier molecular flexibility index (Phi) is 3.90. The van der Waals surface area contributed by atoms with Crippen molar-refractivity contribution in [3.63, 3.8) is 0 Å². The van der Waals surface area contributed by atoms with E-state index in [-0.39, 0.29) is 17.9 Å². The van der Waals surface area contributed by atoms with Crippen LogP contribution in [0.25, 0.3) is 5.00 Å². The highest BCUT2D eigenvalue weighted by Gasteiger charge is 2.41. The molecule has 0 unspecified atom stereocenters. The fraction of sp³-hybridized carbons (Fsp3) is 0.292. The number of benzene rings is 1. The van der Waals surface area contributed by atoms with Crippen LogP contribution in [0.3, 0.4) is 0 Å². The van der Waals surface area contributed by atoms with Gasteiger partial charge < -0.3 is 4.90 Å². The molecule has 0 radical (unpaired) electrons. The lowest BCUT2D eigenvalue weighted by Crippen LogP contribution is -2.32. The molecular formula is C24H20ClN5OS. The van der Waals surface area contributed by atoms with Crippen LogP contribution >= 0.6 is 22.9 Å². The van der Waals surface area contributed by atoms with Crippen LogP contribution in [0.5, 0.6) is 0 Å². The highest BCUT2D eigenvalue weighted by molar-refractivity contribution is 7.15. The maximum absolute atomic E-state index is 13.3. The highest BCUT2D eigenvalue weighted by atomic mass is 35.5. The van der Waals surface area contributed by atoms with E-state index < -0.39 is 0 Å². The van der Waals surface area contributed by atoms with Gasteiger partial charge in [-0.15, -0.1) is 21.5 Å². The minimum atomic E-state index is -0.0557. The average Bonchev–Trinajstić information content (AvgIpc) is 3.54. The Morgan fingerprint density at radius 1 is 1.22 bits per heavy atom. The van der Waals surface area contributed by atoms with Crippen LogP contribution in [0.15, 0.2) is 47.7 Å². The van der Waals surface area contributed by atoms with E-state index in [1.165, 1.54) is 21.6 Å². The van der Waals surface area contributed by atoms with Gasteiger partial charge in [-0.05, 0) is 54.7 Å². The number of allylic oxidation sites excluding steroid dienone is 1. The van der Waals surface area contributed by atoms with E-state index in [0.29, 0.717) is 6.54 Å². The Hall–Kier alpha value is -2.74. The van der Waals surface area contributed by atoms with Gasteiger partial charge in [0.05, 0.1) is 19.1 Å². The summed E-state index contributed by atoms with van der Waals surface area (Å²) < 4.78 is 2.17. The number of amides is 1. The second-order valence-electron chi connectivity index (χ2n) is 8.87. The Bertz CT molecular complexity index is 1380. The number of carbonyl (C=O) groups excluding carboxylic acids is 1. The van der Waals surface area contributed by atoms with Gasteiger partial charge >= 0.3 is 0 Å². The molecule has 5 heterocycles. The molecule has 2 atom stereocenters. The molecule has 1 aromatic carbocycles. The summed E-state index contributed by atoms with van der Waals surface area (Å²) in [7, 11) is 0. The summed E-state index contributed by atoms with van der Waals surface area (Å²) in [5.41, 5.74) is 5.89. The van der Waals surface area contributed by atoms with Crippen LogP contribution in [0.4, 0.5) is 0 Å². The Morgan fingerprint density at radius 3 is 2.84 bits per heavy atom. The van der Waals surface area contributed by atoms with Crippen molar-refractivity contribution in [2.24, 2.45) is 5.92 Å². The lowest BCUT2D eigenvalue weighted by atomic mass is 9.94. The van der Waals surface area contributed by atoms with Gasteiger partial charge in [-0.2, -0.15) is 0 Å². The molecule has 0 spiro atoms. The minimum absolute atomic E-state index is 0.00701. The van der Waals surface area contributed by atoms with E-state index in [4.69, 9.17) is 11.6 Å². The first-order valence-electron chi connectivity index (χ1n) is 10.9. The molecule has 3 aliphatic heterocycles. The van der Waals surface area contributed by atoms with Crippen molar-refractivity contribution in [3.05, 3.63) is 85.9 Å². The number of carbonyl (C=O) groups is 1. The van der Waals surface area contributed by atoms with E-state index in [2.05, 4.69) is 38.3 Å². The van der Waals surface area contributed by atoms with Crippen LogP contribution in [-0.2, 0) is 24.2 Å². The third kappa shape index (κ3) is 2.53. The van der Waals surface area contributed by atoms with Gasteiger partial charge in [0, 0.05) is 27.1 Å². The number of hydrogen-bond acceptors (Lipinski definition) is 5. The maximum atomic E-state index is 13.3. The fourth-order valence-corrected chi connectivity index (χ4v) is 7.21. The number of nitrogens with one attached hydrogen (secondary N) is 1. The summed E-state index contributed by atoms with van der Waals surface area (Å²) in [4.78, 5) is 16.5. The molecule has 6 nitrogen and oxygen atoms in total. The van der Waals surface area contributed by atoms with Crippen molar-refractivity contribution in [1.82, 2.24) is 25.0 Å². The summed E-state index contributed by atoms with van der Waals surface area (Å²) in [6.07, 6.45) is 5.78. The van der Waals surface area contributed by atoms with E-state index in [0.717, 1.165) is 52.3 Å². The zero-order valence-corrected chi connectivity index (χ0v) is 19.0.